The third-order valence-corrected chi connectivity index (χ3v) is 3.18. The Bertz CT molecular complexity index is 690. The zero-order chi connectivity index (χ0) is 13.2. The van der Waals surface area contributed by atoms with E-state index in [0.29, 0.717) is 12.2 Å². The van der Waals surface area contributed by atoms with Crippen molar-refractivity contribution in [1.82, 2.24) is 0 Å². The summed E-state index contributed by atoms with van der Waals surface area (Å²) in [7, 11) is 0. The van der Waals surface area contributed by atoms with E-state index >= 15 is 0 Å². The van der Waals surface area contributed by atoms with Crippen LogP contribution in [-0.4, -0.2) is 0 Å². The fourth-order valence-corrected chi connectivity index (χ4v) is 2.20. The summed E-state index contributed by atoms with van der Waals surface area (Å²) in [5.41, 5.74) is 7.54. The number of para-hydroxylation sites is 1. The van der Waals surface area contributed by atoms with Gasteiger partial charge in [0.1, 0.15) is 5.76 Å². The zero-order valence-corrected chi connectivity index (χ0v) is 10.3. The maximum Gasteiger partial charge on any atom is 0.169 e. The van der Waals surface area contributed by atoms with Crippen LogP contribution in [0.25, 0.3) is 11.0 Å². The van der Waals surface area contributed by atoms with Gasteiger partial charge in [-0.15, -0.1) is 0 Å². The Morgan fingerprint density at radius 3 is 2.58 bits per heavy atom. The van der Waals surface area contributed by atoms with Crippen molar-refractivity contribution in [2.75, 3.05) is 0 Å². The average molecular weight is 255 g/mol. The van der Waals surface area contributed by atoms with E-state index in [-0.39, 0.29) is 17.4 Å². The molecule has 2 nitrogen and oxygen atoms in total. The maximum absolute atomic E-state index is 13.6. The highest BCUT2D eigenvalue weighted by Gasteiger charge is 2.14. The van der Waals surface area contributed by atoms with Gasteiger partial charge < -0.3 is 10.2 Å². The van der Waals surface area contributed by atoms with E-state index in [9.17, 15) is 4.39 Å². The molecular formula is C16H14FNO. The lowest BCUT2D eigenvalue weighted by Gasteiger charge is -2.08. The average Bonchev–Trinajstić information content (AvgIpc) is 2.85. The van der Waals surface area contributed by atoms with E-state index in [4.69, 9.17) is 10.2 Å². The van der Waals surface area contributed by atoms with Gasteiger partial charge in [0, 0.05) is 5.39 Å². The monoisotopic (exact) mass is 255 g/mol. The molecule has 1 heterocycles. The summed E-state index contributed by atoms with van der Waals surface area (Å²) in [6.07, 6.45) is 0.669. The van der Waals surface area contributed by atoms with Crippen molar-refractivity contribution in [3.63, 3.8) is 0 Å². The normalized spacial score (nSPS) is 12.7. The summed E-state index contributed by atoms with van der Waals surface area (Å²) in [6.45, 7) is 0. The van der Waals surface area contributed by atoms with Crippen LogP contribution in [0.15, 0.2) is 59.0 Å². The Kier molecular flexibility index (Phi) is 3.05. The molecule has 0 spiro atoms. The Morgan fingerprint density at radius 2 is 1.84 bits per heavy atom. The lowest BCUT2D eigenvalue weighted by atomic mass is 10.0. The van der Waals surface area contributed by atoms with Crippen molar-refractivity contribution in [2.24, 2.45) is 5.73 Å². The van der Waals surface area contributed by atoms with Crippen LogP contribution in [0.5, 0.6) is 0 Å². The van der Waals surface area contributed by atoms with Gasteiger partial charge in [-0.05, 0) is 24.1 Å². The van der Waals surface area contributed by atoms with E-state index in [1.807, 2.05) is 42.5 Å². The molecule has 3 aromatic rings. The van der Waals surface area contributed by atoms with Crippen LogP contribution < -0.4 is 5.73 Å². The van der Waals surface area contributed by atoms with Crippen molar-refractivity contribution in [2.45, 2.75) is 12.5 Å². The fraction of sp³-hybridized carbons (Fsp3) is 0.125. The molecular weight excluding hydrogens is 241 g/mol. The number of benzene rings is 2. The number of nitrogens with two attached hydrogens (primary N) is 1. The molecule has 0 saturated heterocycles. The largest absolute Gasteiger partial charge is 0.456 e. The number of fused-ring (bicyclic) bond motifs is 1. The van der Waals surface area contributed by atoms with Gasteiger partial charge in [-0.1, -0.05) is 42.5 Å². The first-order valence-corrected chi connectivity index (χ1v) is 6.21. The fourth-order valence-electron chi connectivity index (χ4n) is 2.20. The van der Waals surface area contributed by atoms with Gasteiger partial charge in [-0.25, -0.2) is 4.39 Å². The van der Waals surface area contributed by atoms with E-state index in [2.05, 4.69) is 0 Å². The molecule has 0 saturated carbocycles. The minimum absolute atomic E-state index is 0.269. The van der Waals surface area contributed by atoms with Gasteiger partial charge >= 0.3 is 0 Å². The highest BCUT2D eigenvalue weighted by molar-refractivity contribution is 5.78. The van der Waals surface area contributed by atoms with Crippen LogP contribution in [0.1, 0.15) is 17.4 Å². The lowest BCUT2D eigenvalue weighted by molar-refractivity contribution is 0.478. The first kappa shape index (κ1) is 11.9. The van der Waals surface area contributed by atoms with Crippen molar-refractivity contribution in [3.8, 4) is 0 Å². The van der Waals surface area contributed by atoms with Crippen molar-refractivity contribution in [1.29, 1.82) is 0 Å². The van der Waals surface area contributed by atoms with Crippen LogP contribution in [-0.2, 0) is 6.42 Å². The third-order valence-electron chi connectivity index (χ3n) is 3.18. The van der Waals surface area contributed by atoms with Crippen LogP contribution >= 0.6 is 0 Å². The summed E-state index contributed by atoms with van der Waals surface area (Å²) in [5.74, 6) is 0.264. The lowest BCUT2D eigenvalue weighted by Crippen LogP contribution is -2.12. The number of halogens is 1. The van der Waals surface area contributed by atoms with E-state index in [1.165, 1.54) is 6.07 Å². The van der Waals surface area contributed by atoms with E-state index in [0.717, 1.165) is 10.9 Å². The highest BCUT2D eigenvalue weighted by Crippen LogP contribution is 2.26. The summed E-state index contributed by atoms with van der Waals surface area (Å²) in [6, 6.07) is 16.4. The Labute approximate surface area is 110 Å². The predicted octanol–water partition coefficient (Wildman–Crippen LogP) is 3.81. The van der Waals surface area contributed by atoms with Gasteiger partial charge in [0.05, 0.1) is 6.04 Å². The molecule has 0 aliphatic rings. The van der Waals surface area contributed by atoms with E-state index in [1.54, 1.807) is 6.07 Å². The molecule has 1 atom stereocenters. The van der Waals surface area contributed by atoms with E-state index < -0.39 is 0 Å². The van der Waals surface area contributed by atoms with Gasteiger partial charge in [0.25, 0.3) is 0 Å². The molecule has 0 fully saturated rings. The molecule has 0 aliphatic carbocycles. The van der Waals surface area contributed by atoms with Crippen LogP contribution in [0, 0.1) is 5.82 Å². The topological polar surface area (TPSA) is 39.2 Å². The smallest absolute Gasteiger partial charge is 0.169 e. The molecule has 0 radical (unpaired) electrons. The van der Waals surface area contributed by atoms with Crippen molar-refractivity contribution < 1.29 is 8.81 Å². The standard InChI is InChI=1S/C16H14FNO/c17-13-8-4-7-12-10-15(19-16(12)13)14(18)9-11-5-2-1-3-6-11/h1-8,10,14H,9,18H2. The van der Waals surface area contributed by atoms with Gasteiger partial charge in [-0.2, -0.15) is 0 Å². The molecule has 3 heteroatoms. The zero-order valence-electron chi connectivity index (χ0n) is 10.3. The van der Waals surface area contributed by atoms with Crippen molar-refractivity contribution in [3.05, 3.63) is 71.7 Å². The van der Waals surface area contributed by atoms with Gasteiger partial charge in [0.15, 0.2) is 11.4 Å². The molecule has 0 bridgehead atoms. The van der Waals surface area contributed by atoms with Gasteiger partial charge in [0.2, 0.25) is 0 Å². The summed E-state index contributed by atoms with van der Waals surface area (Å²) >= 11 is 0. The third kappa shape index (κ3) is 2.37. The molecule has 96 valence electrons. The second kappa shape index (κ2) is 4.86. The first-order chi connectivity index (χ1) is 9.24. The maximum atomic E-state index is 13.6. The SMILES string of the molecule is NC(Cc1ccccc1)c1cc2cccc(F)c2o1. The number of hydrogen-bond donors (Lipinski definition) is 1. The first-order valence-electron chi connectivity index (χ1n) is 6.21. The minimum atomic E-state index is -0.351. The molecule has 1 aromatic heterocycles. The van der Waals surface area contributed by atoms with Crippen LogP contribution in [0.2, 0.25) is 0 Å². The summed E-state index contributed by atoms with van der Waals surface area (Å²) in [4.78, 5) is 0. The van der Waals surface area contributed by atoms with Crippen molar-refractivity contribution >= 4 is 11.0 Å². The molecule has 0 aliphatic heterocycles. The quantitative estimate of drug-likeness (QED) is 0.772. The number of furan rings is 1. The Balaban J connectivity index is 1.89. The Hall–Kier alpha value is -2.13. The second-order valence-corrected chi connectivity index (χ2v) is 4.60. The van der Waals surface area contributed by atoms with Gasteiger partial charge in [-0.3, -0.25) is 0 Å². The van der Waals surface area contributed by atoms with Crippen LogP contribution in [0.4, 0.5) is 4.39 Å². The molecule has 3 rings (SSSR count). The molecule has 0 amide bonds. The second-order valence-electron chi connectivity index (χ2n) is 4.60. The van der Waals surface area contributed by atoms with Crippen LogP contribution in [0.3, 0.4) is 0 Å². The molecule has 2 N–H and O–H groups in total. The molecule has 1 unspecified atom stereocenters. The summed E-state index contributed by atoms with van der Waals surface area (Å²) < 4.78 is 19.1. The Morgan fingerprint density at radius 1 is 1.05 bits per heavy atom. The predicted molar refractivity (Wildman–Crippen MR) is 73.2 cm³/mol. The summed E-state index contributed by atoms with van der Waals surface area (Å²) in [5, 5.41) is 0.749. The minimum Gasteiger partial charge on any atom is -0.456 e. The highest BCUT2D eigenvalue weighted by atomic mass is 19.1. The number of rotatable bonds is 3. The number of hydrogen-bond acceptors (Lipinski definition) is 2. The molecule has 19 heavy (non-hydrogen) atoms. The molecule has 2 aromatic carbocycles.